The summed E-state index contributed by atoms with van der Waals surface area (Å²) in [5.74, 6) is -2.12. The summed E-state index contributed by atoms with van der Waals surface area (Å²) >= 11 is 5.62. The number of aromatic nitrogens is 2. The molecular weight excluding hydrogens is 411 g/mol. The minimum atomic E-state index is -1.83. The summed E-state index contributed by atoms with van der Waals surface area (Å²) in [6, 6.07) is 0. The van der Waals surface area contributed by atoms with Crippen LogP contribution in [0.5, 0.6) is 0 Å². The quantitative estimate of drug-likeness (QED) is 0.198. The fraction of sp³-hybridized carbons (Fsp3) is 0.588. The van der Waals surface area contributed by atoms with Crippen LogP contribution in [-0.4, -0.2) is 83.5 Å². The molecule has 0 amide bonds. The number of ether oxygens (including phenoxy) is 3. The summed E-state index contributed by atoms with van der Waals surface area (Å²) < 4.78 is 32.0. The molecule has 10 nitrogen and oxygen atoms in total. The number of aliphatic imine (C=N–C) groups is 1. The minimum Gasteiger partial charge on any atom is -0.463 e. The molecule has 1 aliphatic rings. The Hall–Kier alpha value is -2.53. The van der Waals surface area contributed by atoms with Gasteiger partial charge in [-0.1, -0.05) is 0 Å². The van der Waals surface area contributed by atoms with Gasteiger partial charge in [-0.05, 0) is 0 Å². The average Bonchev–Trinajstić information content (AvgIpc) is 3.19. The molecule has 1 aromatic rings. The first-order chi connectivity index (χ1) is 13.6. The standard InChI is InChI=1S/C17H22ClFN4O6/c1-9(24)27-6-12-15(28-10(2)25)13(19)17(29-12)23-8-20-14(11(26)5-18)16(23)21-7-22(3)4/h7-8,12-13,15,17H,5-6H2,1-4H3/t12-,13-,15-,17-/m1/s1. The van der Waals surface area contributed by atoms with E-state index in [2.05, 4.69) is 9.98 Å². The maximum absolute atomic E-state index is 15.2. The number of alkyl halides is 2. The number of hydrogen-bond acceptors (Lipinski definition) is 8. The van der Waals surface area contributed by atoms with E-state index >= 15 is 4.39 Å². The van der Waals surface area contributed by atoms with Crippen molar-refractivity contribution in [3.8, 4) is 0 Å². The van der Waals surface area contributed by atoms with Crippen LogP contribution in [0.15, 0.2) is 11.3 Å². The molecule has 12 heteroatoms. The average molecular weight is 433 g/mol. The van der Waals surface area contributed by atoms with Crippen LogP contribution in [-0.2, 0) is 23.8 Å². The zero-order valence-corrected chi connectivity index (χ0v) is 17.1. The van der Waals surface area contributed by atoms with E-state index in [-0.39, 0.29) is 24.0 Å². The number of Topliss-reactive ketones (excluding diaryl/α,β-unsaturated/α-hetero) is 1. The zero-order chi connectivity index (χ0) is 21.7. The molecule has 2 rings (SSSR count). The fourth-order valence-electron chi connectivity index (χ4n) is 2.68. The van der Waals surface area contributed by atoms with E-state index in [1.807, 2.05) is 0 Å². The van der Waals surface area contributed by atoms with Gasteiger partial charge in [0, 0.05) is 27.9 Å². The van der Waals surface area contributed by atoms with E-state index in [1.165, 1.54) is 24.2 Å². The Morgan fingerprint density at radius 3 is 2.62 bits per heavy atom. The van der Waals surface area contributed by atoms with Gasteiger partial charge in [0.2, 0.25) is 0 Å². The maximum atomic E-state index is 15.2. The van der Waals surface area contributed by atoms with Crippen molar-refractivity contribution in [3.05, 3.63) is 12.0 Å². The van der Waals surface area contributed by atoms with Crippen LogP contribution in [0.1, 0.15) is 30.6 Å². The van der Waals surface area contributed by atoms with Crippen molar-refractivity contribution in [1.29, 1.82) is 0 Å². The van der Waals surface area contributed by atoms with Crippen LogP contribution in [0, 0.1) is 0 Å². The van der Waals surface area contributed by atoms with Crippen molar-refractivity contribution in [1.82, 2.24) is 14.5 Å². The minimum absolute atomic E-state index is 0.0340. The molecule has 0 bridgehead atoms. The third-order valence-electron chi connectivity index (χ3n) is 3.86. The number of carbonyl (C=O) groups excluding carboxylic acids is 3. The Kier molecular flexibility index (Phi) is 7.68. The summed E-state index contributed by atoms with van der Waals surface area (Å²) in [4.78, 5) is 44.4. The number of esters is 2. The number of halogens is 2. The lowest BCUT2D eigenvalue weighted by Gasteiger charge is -2.18. The van der Waals surface area contributed by atoms with Gasteiger partial charge in [-0.2, -0.15) is 0 Å². The lowest BCUT2D eigenvalue weighted by atomic mass is 10.1. The Labute approximate surface area is 171 Å². The Morgan fingerprint density at radius 1 is 1.38 bits per heavy atom. The van der Waals surface area contributed by atoms with Crippen LogP contribution in [0.4, 0.5) is 10.2 Å². The van der Waals surface area contributed by atoms with E-state index in [0.29, 0.717) is 0 Å². The van der Waals surface area contributed by atoms with Crippen molar-refractivity contribution in [2.45, 2.75) is 38.5 Å². The van der Waals surface area contributed by atoms with E-state index in [0.717, 1.165) is 6.92 Å². The van der Waals surface area contributed by atoms with Gasteiger partial charge in [-0.15, -0.1) is 11.6 Å². The van der Waals surface area contributed by atoms with Crippen LogP contribution in [0.25, 0.3) is 0 Å². The van der Waals surface area contributed by atoms with E-state index in [4.69, 9.17) is 25.8 Å². The van der Waals surface area contributed by atoms with Crippen LogP contribution < -0.4 is 0 Å². The van der Waals surface area contributed by atoms with Crippen molar-refractivity contribution in [3.63, 3.8) is 0 Å². The predicted octanol–water partition coefficient (Wildman–Crippen LogP) is 1.26. The first-order valence-electron chi connectivity index (χ1n) is 8.62. The zero-order valence-electron chi connectivity index (χ0n) is 16.4. The molecule has 160 valence electrons. The number of imidazole rings is 1. The Morgan fingerprint density at radius 2 is 2.07 bits per heavy atom. The van der Waals surface area contributed by atoms with Gasteiger partial charge in [0.15, 0.2) is 35.8 Å². The van der Waals surface area contributed by atoms with Gasteiger partial charge in [0.05, 0.1) is 18.5 Å². The van der Waals surface area contributed by atoms with Crippen molar-refractivity contribution in [2.75, 3.05) is 26.6 Å². The van der Waals surface area contributed by atoms with Gasteiger partial charge in [0.25, 0.3) is 0 Å². The molecule has 0 radical (unpaired) electrons. The van der Waals surface area contributed by atoms with Crippen LogP contribution in [0.3, 0.4) is 0 Å². The third-order valence-corrected chi connectivity index (χ3v) is 4.10. The Balaban J connectivity index is 2.41. The largest absolute Gasteiger partial charge is 0.463 e. The second-order valence-electron chi connectivity index (χ2n) is 6.48. The summed E-state index contributed by atoms with van der Waals surface area (Å²) in [5, 5.41) is 0. The number of carbonyl (C=O) groups is 3. The topological polar surface area (TPSA) is 112 Å². The van der Waals surface area contributed by atoms with E-state index in [1.54, 1.807) is 19.0 Å². The normalized spacial score (nSPS) is 23.9. The molecule has 0 N–H and O–H groups in total. The third kappa shape index (κ3) is 5.51. The van der Waals surface area contributed by atoms with Gasteiger partial charge in [-0.3, -0.25) is 19.0 Å². The molecule has 1 saturated heterocycles. The van der Waals surface area contributed by atoms with Crippen molar-refractivity contribution < 1.29 is 33.0 Å². The highest BCUT2D eigenvalue weighted by atomic mass is 35.5. The predicted molar refractivity (Wildman–Crippen MR) is 100 cm³/mol. The van der Waals surface area contributed by atoms with Crippen molar-refractivity contribution >= 4 is 41.5 Å². The van der Waals surface area contributed by atoms with Gasteiger partial charge in [0.1, 0.15) is 12.7 Å². The molecule has 0 spiro atoms. The highest BCUT2D eigenvalue weighted by Crippen LogP contribution is 2.37. The lowest BCUT2D eigenvalue weighted by molar-refractivity contribution is -0.156. The molecule has 1 fully saturated rings. The second kappa shape index (κ2) is 9.79. The highest BCUT2D eigenvalue weighted by molar-refractivity contribution is 6.30. The van der Waals surface area contributed by atoms with Gasteiger partial charge >= 0.3 is 11.9 Å². The van der Waals surface area contributed by atoms with Crippen LogP contribution in [0.2, 0.25) is 0 Å². The van der Waals surface area contributed by atoms with E-state index in [9.17, 15) is 14.4 Å². The van der Waals surface area contributed by atoms with Gasteiger partial charge < -0.3 is 19.1 Å². The number of rotatable bonds is 8. The first kappa shape index (κ1) is 22.8. The second-order valence-corrected chi connectivity index (χ2v) is 6.74. The summed E-state index contributed by atoms with van der Waals surface area (Å²) in [7, 11) is 3.42. The SMILES string of the molecule is CC(=O)OC[C@H]1O[C@@H](n2cnc(C(=O)CCl)c2N=CN(C)C)[C@H](F)[C@@H]1OC(C)=O. The number of ketones is 1. The molecule has 4 atom stereocenters. The molecule has 0 aliphatic carbocycles. The molecule has 0 unspecified atom stereocenters. The maximum Gasteiger partial charge on any atom is 0.303 e. The number of hydrogen-bond donors (Lipinski definition) is 0. The number of nitrogens with zero attached hydrogens (tertiary/aromatic N) is 4. The monoisotopic (exact) mass is 432 g/mol. The Bertz CT molecular complexity index is 799. The smallest absolute Gasteiger partial charge is 0.303 e. The summed E-state index contributed by atoms with van der Waals surface area (Å²) in [6.07, 6.45) is -2.93. The van der Waals surface area contributed by atoms with Crippen molar-refractivity contribution in [2.24, 2.45) is 4.99 Å². The van der Waals surface area contributed by atoms with Gasteiger partial charge in [-0.25, -0.2) is 14.4 Å². The summed E-state index contributed by atoms with van der Waals surface area (Å²) in [5.41, 5.74) is -0.0543. The molecule has 0 saturated carbocycles. The molecule has 2 heterocycles. The molecular formula is C17H22ClFN4O6. The fourth-order valence-corrected chi connectivity index (χ4v) is 2.81. The molecule has 0 aromatic carbocycles. The molecule has 29 heavy (non-hydrogen) atoms. The summed E-state index contributed by atoms with van der Waals surface area (Å²) in [6.45, 7) is 2.00. The molecule has 1 aliphatic heterocycles. The lowest BCUT2D eigenvalue weighted by Crippen LogP contribution is -2.36. The molecule has 1 aromatic heterocycles. The first-order valence-corrected chi connectivity index (χ1v) is 9.15. The van der Waals surface area contributed by atoms with Crippen LogP contribution >= 0.6 is 11.6 Å². The van der Waals surface area contributed by atoms with E-state index < -0.39 is 42.3 Å². The highest BCUT2D eigenvalue weighted by Gasteiger charge is 2.49.